The lowest BCUT2D eigenvalue weighted by Gasteiger charge is -2.09. The van der Waals surface area contributed by atoms with Crippen molar-refractivity contribution in [2.24, 2.45) is 0 Å². The number of anilines is 2. The monoisotopic (exact) mass is 386 g/mol. The van der Waals surface area contributed by atoms with Gasteiger partial charge in [0, 0.05) is 34.7 Å². The van der Waals surface area contributed by atoms with Crippen molar-refractivity contribution in [3.63, 3.8) is 0 Å². The molecule has 1 aromatic heterocycles. The first kappa shape index (κ1) is 18.2. The average molecular weight is 387 g/mol. The maximum absolute atomic E-state index is 12.3. The van der Waals surface area contributed by atoms with Gasteiger partial charge in [-0.1, -0.05) is 41.4 Å². The molecule has 1 heterocycles. The van der Waals surface area contributed by atoms with E-state index >= 15 is 0 Å². The van der Waals surface area contributed by atoms with Crippen molar-refractivity contribution < 1.29 is 4.79 Å². The molecule has 2 aromatic carbocycles. The highest BCUT2D eigenvalue weighted by molar-refractivity contribution is 6.31. The van der Waals surface area contributed by atoms with Crippen molar-refractivity contribution in [2.75, 3.05) is 10.6 Å². The van der Waals surface area contributed by atoms with Crippen LogP contribution >= 0.6 is 23.2 Å². The maximum Gasteiger partial charge on any atom is 0.258 e. The van der Waals surface area contributed by atoms with E-state index in [-0.39, 0.29) is 5.91 Å². The van der Waals surface area contributed by atoms with Gasteiger partial charge in [0.25, 0.3) is 5.91 Å². The van der Waals surface area contributed by atoms with Crippen LogP contribution < -0.4 is 10.6 Å². The molecule has 0 saturated carbocycles. The third kappa shape index (κ3) is 4.71. The summed E-state index contributed by atoms with van der Waals surface area (Å²) in [7, 11) is 0. The minimum Gasteiger partial charge on any atom is -0.350 e. The number of aryl methyl sites for hydroxylation is 1. The van der Waals surface area contributed by atoms with Crippen molar-refractivity contribution in [3.8, 4) is 0 Å². The number of carbonyl (C=O) groups is 1. The number of benzene rings is 2. The summed E-state index contributed by atoms with van der Waals surface area (Å²) in [6, 6.07) is 12.8. The second kappa shape index (κ2) is 8.17. The van der Waals surface area contributed by atoms with Gasteiger partial charge in [-0.15, -0.1) is 0 Å². The largest absolute Gasteiger partial charge is 0.350 e. The summed E-state index contributed by atoms with van der Waals surface area (Å²) in [4.78, 5) is 20.7. The number of aromatic nitrogens is 2. The summed E-state index contributed by atoms with van der Waals surface area (Å²) in [6.07, 6.45) is 2.96. The SMILES string of the molecule is Cc1ccc(Cl)cc1NC(=O)c1cnc(NCc2ccc(Cl)cc2)nc1. The van der Waals surface area contributed by atoms with E-state index in [1.54, 1.807) is 12.1 Å². The topological polar surface area (TPSA) is 66.9 Å². The molecule has 26 heavy (non-hydrogen) atoms. The highest BCUT2D eigenvalue weighted by Gasteiger charge is 2.09. The van der Waals surface area contributed by atoms with E-state index in [1.165, 1.54) is 12.4 Å². The highest BCUT2D eigenvalue weighted by atomic mass is 35.5. The molecule has 0 radical (unpaired) electrons. The van der Waals surface area contributed by atoms with E-state index < -0.39 is 0 Å². The van der Waals surface area contributed by atoms with Gasteiger partial charge in [-0.2, -0.15) is 0 Å². The lowest BCUT2D eigenvalue weighted by Crippen LogP contribution is -2.14. The lowest BCUT2D eigenvalue weighted by atomic mass is 10.2. The molecule has 5 nitrogen and oxygen atoms in total. The molecule has 132 valence electrons. The van der Waals surface area contributed by atoms with E-state index in [9.17, 15) is 4.79 Å². The van der Waals surface area contributed by atoms with Crippen molar-refractivity contribution in [1.82, 2.24) is 9.97 Å². The fourth-order valence-electron chi connectivity index (χ4n) is 2.24. The average Bonchev–Trinajstić information content (AvgIpc) is 2.64. The number of amides is 1. The molecule has 0 atom stereocenters. The van der Waals surface area contributed by atoms with Gasteiger partial charge in [-0.25, -0.2) is 9.97 Å². The number of nitrogens with zero attached hydrogens (tertiary/aromatic N) is 2. The lowest BCUT2D eigenvalue weighted by molar-refractivity contribution is 0.102. The Balaban J connectivity index is 1.62. The van der Waals surface area contributed by atoms with Gasteiger partial charge in [0.05, 0.1) is 5.56 Å². The zero-order chi connectivity index (χ0) is 18.5. The van der Waals surface area contributed by atoms with Crippen LogP contribution in [-0.4, -0.2) is 15.9 Å². The summed E-state index contributed by atoms with van der Waals surface area (Å²) < 4.78 is 0. The number of nitrogens with one attached hydrogen (secondary N) is 2. The third-order valence-corrected chi connectivity index (χ3v) is 4.21. The normalized spacial score (nSPS) is 10.4. The van der Waals surface area contributed by atoms with Crippen LogP contribution in [0.25, 0.3) is 0 Å². The Morgan fingerprint density at radius 1 is 1.00 bits per heavy atom. The van der Waals surface area contributed by atoms with Gasteiger partial charge in [0.15, 0.2) is 0 Å². The summed E-state index contributed by atoms with van der Waals surface area (Å²) in [5.41, 5.74) is 3.00. The van der Waals surface area contributed by atoms with Crippen molar-refractivity contribution in [2.45, 2.75) is 13.5 Å². The van der Waals surface area contributed by atoms with E-state index in [1.807, 2.05) is 37.3 Å². The molecular formula is C19H16Cl2N4O. The fourth-order valence-corrected chi connectivity index (χ4v) is 2.54. The summed E-state index contributed by atoms with van der Waals surface area (Å²) in [6.45, 7) is 2.46. The quantitative estimate of drug-likeness (QED) is 0.650. The first-order valence-corrected chi connectivity index (χ1v) is 8.65. The molecule has 0 unspecified atom stereocenters. The van der Waals surface area contributed by atoms with Crippen molar-refractivity contribution >= 4 is 40.7 Å². The van der Waals surface area contributed by atoms with E-state index in [4.69, 9.17) is 23.2 Å². The van der Waals surface area contributed by atoms with Crippen LogP contribution in [0.5, 0.6) is 0 Å². The first-order valence-electron chi connectivity index (χ1n) is 7.89. The second-order valence-corrected chi connectivity index (χ2v) is 6.56. The van der Waals surface area contributed by atoms with Gasteiger partial charge in [0.2, 0.25) is 5.95 Å². The fraction of sp³-hybridized carbons (Fsp3) is 0.105. The minimum absolute atomic E-state index is 0.292. The van der Waals surface area contributed by atoms with E-state index in [0.717, 1.165) is 11.1 Å². The van der Waals surface area contributed by atoms with Gasteiger partial charge in [0.1, 0.15) is 0 Å². The predicted molar refractivity (Wildman–Crippen MR) is 105 cm³/mol. The molecule has 7 heteroatoms. The summed E-state index contributed by atoms with van der Waals surface area (Å²) in [5.74, 6) is 0.148. The van der Waals surface area contributed by atoms with Crippen molar-refractivity contribution in [3.05, 3.63) is 81.6 Å². The molecule has 1 amide bonds. The van der Waals surface area contributed by atoms with Crippen LogP contribution in [0.3, 0.4) is 0 Å². The smallest absolute Gasteiger partial charge is 0.258 e. The summed E-state index contributed by atoms with van der Waals surface area (Å²) >= 11 is 11.8. The number of carbonyl (C=O) groups excluding carboxylic acids is 1. The summed E-state index contributed by atoms with van der Waals surface area (Å²) in [5, 5.41) is 7.16. The number of hydrogen-bond donors (Lipinski definition) is 2. The molecule has 0 saturated heterocycles. The minimum atomic E-state index is -0.292. The molecule has 2 N–H and O–H groups in total. The van der Waals surface area contributed by atoms with Crippen LogP contribution in [0.4, 0.5) is 11.6 Å². The molecule has 3 aromatic rings. The van der Waals surface area contributed by atoms with Crippen molar-refractivity contribution in [1.29, 1.82) is 0 Å². The van der Waals surface area contributed by atoms with Crippen LogP contribution in [0.1, 0.15) is 21.5 Å². The van der Waals surface area contributed by atoms with Crippen LogP contribution in [0, 0.1) is 6.92 Å². The molecule has 0 aliphatic rings. The molecule has 0 aliphatic carbocycles. The Morgan fingerprint density at radius 2 is 1.65 bits per heavy atom. The van der Waals surface area contributed by atoms with Crippen LogP contribution in [-0.2, 0) is 6.54 Å². The van der Waals surface area contributed by atoms with Gasteiger partial charge in [-0.3, -0.25) is 4.79 Å². The van der Waals surface area contributed by atoms with Crippen LogP contribution in [0.2, 0.25) is 10.0 Å². The van der Waals surface area contributed by atoms with Gasteiger partial charge >= 0.3 is 0 Å². The predicted octanol–water partition coefficient (Wildman–Crippen LogP) is 4.96. The Labute approximate surface area is 161 Å². The Kier molecular flexibility index (Phi) is 5.71. The Bertz CT molecular complexity index is 912. The standard InChI is InChI=1S/C19H16Cl2N4O/c1-12-2-5-16(21)8-17(12)25-18(26)14-10-23-19(24-11-14)22-9-13-3-6-15(20)7-4-13/h2-8,10-11H,9H2,1H3,(H,25,26)(H,22,23,24). The highest BCUT2D eigenvalue weighted by Crippen LogP contribution is 2.20. The van der Waals surface area contributed by atoms with Gasteiger partial charge < -0.3 is 10.6 Å². The van der Waals surface area contributed by atoms with Gasteiger partial charge in [-0.05, 0) is 42.3 Å². The van der Waals surface area contributed by atoms with Crippen LogP contribution in [0.15, 0.2) is 54.9 Å². The van der Waals surface area contributed by atoms with E-state index in [2.05, 4.69) is 20.6 Å². The maximum atomic E-state index is 12.3. The Morgan fingerprint density at radius 3 is 2.35 bits per heavy atom. The number of hydrogen-bond acceptors (Lipinski definition) is 4. The molecule has 0 aliphatic heterocycles. The van der Waals surface area contributed by atoms with E-state index in [0.29, 0.717) is 33.8 Å². The molecule has 0 spiro atoms. The molecular weight excluding hydrogens is 371 g/mol. The number of halogens is 2. The number of rotatable bonds is 5. The first-order chi connectivity index (χ1) is 12.5. The molecule has 3 rings (SSSR count). The molecule has 0 fully saturated rings. The Hall–Kier alpha value is -2.63. The zero-order valence-electron chi connectivity index (χ0n) is 14.0. The zero-order valence-corrected chi connectivity index (χ0v) is 15.5. The molecule has 0 bridgehead atoms. The second-order valence-electron chi connectivity index (χ2n) is 5.69. The third-order valence-electron chi connectivity index (χ3n) is 3.73.